The molecule has 1 aliphatic rings. The molecule has 0 aromatic carbocycles. The molecule has 3 aromatic rings. The third kappa shape index (κ3) is 3.15. The zero-order valence-corrected chi connectivity index (χ0v) is 17.0. The van der Waals surface area contributed by atoms with E-state index in [-0.39, 0.29) is 18.0 Å². The SMILES string of the molecule is Cc1cc(-c2cc(C(=O)N3CCC(N)C3)c3cnn(C(C)C)c3n2)c(C)s1. The van der Waals surface area contributed by atoms with E-state index in [2.05, 4.69) is 38.9 Å². The topological polar surface area (TPSA) is 77.0 Å². The van der Waals surface area contributed by atoms with Crippen LogP contribution >= 0.6 is 11.3 Å². The van der Waals surface area contributed by atoms with Crippen molar-refractivity contribution in [2.75, 3.05) is 13.1 Å². The van der Waals surface area contributed by atoms with Crippen LogP contribution in [0.4, 0.5) is 0 Å². The molecular formula is C20H25N5OS. The van der Waals surface area contributed by atoms with E-state index in [1.165, 1.54) is 9.75 Å². The number of pyridine rings is 1. The maximum atomic E-state index is 13.3. The highest BCUT2D eigenvalue weighted by molar-refractivity contribution is 7.12. The van der Waals surface area contributed by atoms with Crippen LogP contribution in [0, 0.1) is 13.8 Å². The Balaban J connectivity index is 1.91. The first kappa shape index (κ1) is 18.1. The van der Waals surface area contributed by atoms with Crippen molar-refractivity contribution in [3.63, 3.8) is 0 Å². The third-order valence-corrected chi connectivity index (χ3v) is 6.08. The van der Waals surface area contributed by atoms with Crippen LogP contribution in [0.1, 0.15) is 46.4 Å². The molecule has 1 aliphatic heterocycles. The van der Waals surface area contributed by atoms with E-state index in [1.54, 1.807) is 17.5 Å². The zero-order valence-electron chi connectivity index (χ0n) is 16.2. The first-order valence-corrected chi connectivity index (χ1v) is 10.2. The molecule has 0 aliphatic carbocycles. The van der Waals surface area contributed by atoms with Gasteiger partial charge in [-0.05, 0) is 46.2 Å². The molecule has 0 bridgehead atoms. The first-order chi connectivity index (χ1) is 12.8. The van der Waals surface area contributed by atoms with Crippen molar-refractivity contribution in [1.82, 2.24) is 19.7 Å². The molecule has 2 N–H and O–H groups in total. The molecule has 7 heteroatoms. The van der Waals surface area contributed by atoms with Crippen molar-refractivity contribution >= 4 is 28.3 Å². The number of hydrogen-bond donors (Lipinski definition) is 1. The highest BCUT2D eigenvalue weighted by Crippen LogP contribution is 2.33. The lowest BCUT2D eigenvalue weighted by Gasteiger charge is -2.17. The van der Waals surface area contributed by atoms with Gasteiger partial charge in [-0.1, -0.05) is 0 Å². The molecule has 142 valence electrons. The van der Waals surface area contributed by atoms with E-state index in [9.17, 15) is 4.79 Å². The predicted molar refractivity (Wildman–Crippen MR) is 109 cm³/mol. The van der Waals surface area contributed by atoms with Gasteiger partial charge in [0.2, 0.25) is 0 Å². The van der Waals surface area contributed by atoms with Gasteiger partial charge in [0, 0.05) is 40.5 Å². The van der Waals surface area contributed by atoms with Gasteiger partial charge in [0.1, 0.15) is 0 Å². The van der Waals surface area contributed by atoms with E-state index in [0.717, 1.165) is 28.7 Å². The number of aryl methyl sites for hydroxylation is 2. The first-order valence-electron chi connectivity index (χ1n) is 9.35. The zero-order chi connectivity index (χ0) is 19.3. The molecule has 4 heterocycles. The highest BCUT2D eigenvalue weighted by atomic mass is 32.1. The molecule has 0 spiro atoms. The number of fused-ring (bicyclic) bond motifs is 1. The van der Waals surface area contributed by atoms with Gasteiger partial charge in [-0.3, -0.25) is 4.79 Å². The second-order valence-corrected chi connectivity index (χ2v) is 9.06. The Kier molecular flexibility index (Phi) is 4.52. The summed E-state index contributed by atoms with van der Waals surface area (Å²) < 4.78 is 1.89. The van der Waals surface area contributed by atoms with E-state index in [4.69, 9.17) is 10.7 Å². The molecule has 3 aromatic heterocycles. The molecule has 27 heavy (non-hydrogen) atoms. The minimum atomic E-state index is 0.0181. The Hall–Kier alpha value is -2.25. The normalized spacial score (nSPS) is 17.4. The molecule has 4 rings (SSSR count). The fourth-order valence-electron chi connectivity index (χ4n) is 3.74. The molecule has 0 radical (unpaired) electrons. The fourth-order valence-corrected chi connectivity index (χ4v) is 4.67. The minimum Gasteiger partial charge on any atom is -0.337 e. The van der Waals surface area contributed by atoms with Crippen LogP contribution in [0.3, 0.4) is 0 Å². The third-order valence-electron chi connectivity index (χ3n) is 5.12. The van der Waals surface area contributed by atoms with Gasteiger partial charge in [0.15, 0.2) is 5.65 Å². The Labute approximate surface area is 163 Å². The molecule has 6 nitrogen and oxygen atoms in total. The van der Waals surface area contributed by atoms with Crippen LogP contribution in [0.5, 0.6) is 0 Å². The summed E-state index contributed by atoms with van der Waals surface area (Å²) in [6, 6.07) is 4.30. The lowest BCUT2D eigenvalue weighted by molar-refractivity contribution is 0.0793. The van der Waals surface area contributed by atoms with Crippen LogP contribution in [0.15, 0.2) is 18.3 Å². The van der Waals surface area contributed by atoms with Crippen molar-refractivity contribution < 1.29 is 4.79 Å². The lowest BCUT2D eigenvalue weighted by atomic mass is 10.1. The minimum absolute atomic E-state index is 0.0181. The fraction of sp³-hybridized carbons (Fsp3) is 0.450. The number of rotatable bonds is 3. The number of nitrogens with zero attached hydrogens (tertiary/aromatic N) is 4. The molecule has 1 amide bonds. The Morgan fingerprint density at radius 3 is 2.70 bits per heavy atom. The molecular weight excluding hydrogens is 358 g/mol. The van der Waals surface area contributed by atoms with Crippen LogP contribution in [0.25, 0.3) is 22.3 Å². The summed E-state index contributed by atoms with van der Waals surface area (Å²) in [4.78, 5) is 22.5. The molecule has 1 atom stereocenters. The van der Waals surface area contributed by atoms with Gasteiger partial charge in [-0.25, -0.2) is 9.67 Å². The quantitative estimate of drug-likeness (QED) is 0.750. The maximum absolute atomic E-state index is 13.3. The summed E-state index contributed by atoms with van der Waals surface area (Å²) in [5, 5.41) is 5.31. The summed E-state index contributed by atoms with van der Waals surface area (Å²) in [5.41, 5.74) is 9.37. The number of carbonyl (C=O) groups is 1. The second kappa shape index (κ2) is 6.73. The summed E-state index contributed by atoms with van der Waals surface area (Å²) in [6.07, 6.45) is 2.61. The average molecular weight is 384 g/mol. The van der Waals surface area contributed by atoms with Crippen molar-refractivity contribution in [2.45, 2.75) is 46.2 Å². The van der Waals surface area contributed by atoms with E-state index < -0.39 is 0 Å². The molecule has 0 saturated carbocycles. The summed E-state index contributed by atoms with van der Waals surface area (Å²) >= 11 is 1.75. The number of thiophene rings is 1. The predicted octanol–water partition coefficient (Wildman–Crippen LogP) is 3.53. The largest absolute Gasteiger partial charge is 0.337 e. The van der Waals surface area contributed by atoms with Crippen molar-refractivity contribution in [1.29, 1.82) is 0 Å². The summed E-state index contributed by atoms with van der Waals surface area (Å²) in [6.45, 7) is 9.64. The monoisotopic (exact) mass is 383 g/mol. The molecule has 1 saturated heterocycles. The molecule has 1 fully saturated rings. The summed E-state index contributed by atoms with van der Waals surface area (Å²) in [5.74, 6) is 0.0181. The van der Waals surface area contributed by atoms with Crippen LogP contribution in [0.2, 0.25) is 0 Å². The van der Waals surface area contributed by atoms with Crippen molar-refractivity contribution in [3.05, 3.63) is 33.6 Å². The van der Waals surface area contributed by atoms with Crippen molar-refractivity contribution in [2.24, 2.45) is 5.73 Å². The smallest absolute Gasteiger partial charge is 0.254 e. The van der Waals surface area contributed by atoms with Gasteiger partial charge in [-0.15, -0.1) is 11.3 Å². The van der Waals surface area contributed by atoms with Crippen LogP contribution in [-0.2, 0) is 0 Å². The van der Waals surface area contributed by atoms with Crippen molar-refractivity contribution in [3.8, 4) is 11.3 Å². The van der Waals surface area contributed by atoms with Crippen LogP contribution in [-0.4, -0.2) is 44.7 Å². The summed E-state index contributed by atoms with van der Waals surface area (Å²) in [7, 11) is 0. The van der Waals surface area contributed by atoms with Gasteiger partial charge in [0.05, 0.1) is 22.8 Å². The number of amides is 1. The Morgan fingerprint density at radius 1 is 1.33 bits per heavy atom. The Morgan fingerprint density at radius 2 is 2.11 bits per heavy atom. The van der Waals surface area contributed by atoms with Gasteiger partial charge >= 0.3 is 0 Å². The molecule has 1 unspecified atom stereocenters. The van der Waals surface area contributed by atoms with E-state index >= 15 is 0 Å². The van der Waals surface area contributed by atoms with Gasteiger partial charge < -0.3 is 10.6 Å². The van der Waals surface area contributed by atoms with Gasteiger partial charge in [0.25, 0.3) is 5.91 Å². The number of likely N-dealkylation sites (tertiary alicyclic amines) is 1. The lowest BCUT2D eigenvalue weighted by Crippen LogP contribution is -2.32. The van der Waals surface area contributed by atoms with Gasteiger partial charge in [-0.2, -0.15) is 5.10 Å². The number of nitrogens with two attached hydrogens (primary N) is 1. The number of hydrogen-bond acceptors (Lipinski definition) is 5. The highest BCUT2D eigenvalue weighted by Gasteiger charge is 2.27. The standard InChI is InChI=1S/C20H25N5OS/c1-11(2)25-19-17(9-22-25)16(20(26)24-6-5-14(21)10-24)8-18(23-19)15-7-12(3)27-13(15)4/h7-9,11,14H,5-6,10,21H2,1-4H3. The number of aromatic nitrogens is 3. The van der Waals surface area contributed by atoms with Crippen LogP contribution < -0.4 is 5.73 Å². The second-order valence-electron chi connectivity index (χ2n) is 7.60. The Bertz CT molecular complexity index is 1020. The maximum Gasteiger partial charge on any atom is 0.254 e. The van der Waals surface area contributed by atoms with E-state index in [1.807, 2.05) is 15.6 Å². The van der Waals surface area contributed by atoms with E-state index in [0.29, 0.717) is 18.7 Å². The number of carbonyl (C=O) groups excluding carboxylic acids is 1. The average Bonchev–Trinajstić information content (AvgIpc) is 3.31.